The lowest BCUT2D eigenvalue weighted by Crippen LogP contribution is -2.15. The minimum absolute atomic E-state index is 0.278. The van der Waals surface area contributed by atoms with Crippen molar-refractivity contribution < 1.29 is 19.1 Å². The van der Waals surface area contributed by atoms with E-state index in [9.17, 15) is 9.59 Å². The van der Waals surface area contributed by atoms with E-state index in [-0.39, 0.29) is 12.5 Å². The predicted molar refractivity (Wildman–Crippen MR) is 97.3 cm³/mol. The van der Waals surface area contributed by atoms with E-state index in [4.69, 9.17) is 9.47 Å². The third-order valence-electron chi connectivity index (χ3n) is 3.24. The molecule has 0 saturated heterocycles. The lowest BCUT2D eigenvalue weighted by molar-refractivity contribution is 0.102. The van der Waals surface area contributed by atoms with Gasteiger partial charge in [0.25, 0.3) is 5.91 Å². The summed E-state index contributed by atoms with van der Waals surface area (Å²) in [5.41, 5.74) is 1.51. The van der Waals surface area contributed by atoms with Crippen LogP contribution in [0.25, 0.3) is 0 Å². The molecule has 0 radical (unpaired) electrons. The first kappa shape index (κ1) is 18.3. The standard InChI is InChI=1S/C19H22N2O4/c1-3-12-25-17-11-6-5-10-16(17)21-18(22)14-8-7-9-15(13-14)20-19(23)24-4-2/h5-11,13H,3-4,12H2,1-2H3,(H,20,23)(H,21,22). The summed E-state index contributed by atoms with van der Waals surface area (Å²) in [4.78, 5) is 24.0. The molecule has 0 spiro atoms. The zero-order valence-corrected chi connectivity index (χ0v) is 14.4. The maximum absolute atomic E-state index is 12.5. The van der Waals surface area contributed by atoms with Gasteiger partial charge in [0.2, 0.25) is 0 Å². The van der Waals surface area contributed by atoms with E-state index in [0.717, 1.165) is 6.42 Å². The van der Waals surface area contributed by atoms with Crippen LogP contribution >= 0.6 is 0 Å². The fourth-order valence-corrected chi connectivity index (χ4v) is 2.13. The largest absolute Gasteiger partial charge is 0.491 e. The van der Waals surface area contributed by atoms with E-state index >= 15 is 0 Å². The molecule has 0 fully saturated rings. The summed E-state index contributed by atoms with van der Waals surface area (Å²) in [7, 11) is 0. The van der Waals surface area contributed by atoms with Crippen molar-refractivity contribution in [2.45, 2.75) is 20.3 Å². The number of amides is 2. The molecule has 132 valence electrons. The second-order valence-corrected chi connectivity index (χ2v) is 5.23. The van der Waals surface area contributed by atoms with Gasteiger partial charge in [-0.2, -0.15) is 0 Å². The van der Waals surface area contributed by atoms with Gasteiger partial charge in [-0.15, -0.1) is 0 Å². The molecule has 6 heteroatoms. The van der Waals surface area contributed by atoms with Crippen molar-refractivity contribution in [2.75, 3.05) is 23.8 Å². The van der Waals surface area contributed by atoms with E-state index in [0.29, 0.717) is 29.3 Å². The highest BCUT2D eigenvalue weighted by atomic mass is 16.5. The van der Waals surface area contributed by atoms with Crippen LogP contribution in [0.2, 0.25) is 0 Å². The van der Waals surface area contributed by atoms with Crippen molar-refractivity contribution in [1.82, 2.24) is 0 Å². The number of rotatable bonds is 7. The maximum atomic E-state index is 12.5. The van der Waals surface area contributed by atoms with Crippen LogP contribution in [0, 0.1) is 0 Å². The summed E-state index contributed by atoms with van der Waals surface area (Å²) in [5, 5.41) is 5.41. The monoisotopic (exact) mass is 342 g/mol. The van der Waals surface area contributed by atoms with E-state index in [1.54, 1.807) is 37.3 Å². The molecule has 25 heavy (non-hydrogen) atoms. The van der Waals surface area contributed by atoms with Gasteiger partial charge in [0.1, 0.15) is 5.75 Å². The minimum atomic E-state index is -0.557. The van der Waals surface area contributed by atoms with Crippen LogP contribution in [0.1, 0.15) is 30.6 Å². The lowest BCUT2D eigenvalue weighted by atomic mass is 10.2. The molecular formula is C19H22N2O4. The zero-order chi connectivity index (χ0) is 18.1. The first-order chi connectivity index (χ1) is 12.1. The number of carbonyl (C=O) groups is 2. The normalized spacial score (nSPS) is 10.0. The Hall–Kier alpha value is -3.02. The fourth-order valence-electron chi connectivity index (χ4n) is 2.13. The molecule has 0 saturated carbocycles. The summed E-state index contributed by atoms with van der Waals surface area (Å²) >= 11 is 0. The lowest BCUT2D eigenvalue weighted by Gasteiger charge is -2.12. The van der Waals surface area contributed by atoms with Crippen molar-refractivity contribution in [3.05, 3.63) is 54.1 Å². The molecule has 0 aliphatic heterocycles. The Labute approximate surface area is 147 Å². The highest BCUT2D eigenvalue weighted by Gasteiger charge is 2.11. The van der Waals surface area contributed by atoms with Gasteiger partial charge in [0.05, 0.1) is 18.9 Å². The molecule has 0 aromatic heterocycles. The number of hydrogen-bond acceptors (Lipinski definition) is 4. The number of anilines is 2. The minimum Gasteiger partial charge on any atom is -0.491 e. The van der Waals surface area contributed by atoms with Crippen LogP contribution in [0.4, 0.5) is 16.2 Å². The molecule has 0 aliphatic rings. The summed E-state index contributed by atoms with van der Waals surface area (Å²) in [6, 6.07) is 13.9. The smallest absolute Gasteiger partial charge is 0.411 e. The molecule has 2 N–H and O–H groups in total. The first-order valence-corrected chi connectivity index (χ1v) is 8.21. The summed E-state index contributed by atoms with van der Waals surface area (Å²) in [6.45, 7) is 4.59. The molecule has 6 nitrogen and oxygen atoms in total. The fraction of sp³-hybridized carbons (Fsp3) is 0.263. The van der Waals surface area contributed by atoms with Crippen molar-refractivity contribution >= 4 is 23.4 Å². The SMILES string of the molecule is CCCOc1ccccc1NC(=O)c1cccc(NC(=O)OCC)c1. The number of hydrogen-bond donors (Lipinski definition) is 2. The average molecular weight is 342 g/mol. The Balaban J connectivity index is 2.10. The van der Waals surface area contributed by atoms with Gasteiger partial charge < -0.3 is 14.8 Å². The van der Waals surface area contributed by atoms with Gasteiger partial charge in [-0.1, -0.05) is 25.1 Å². The third-order valence-corrected chi connectivity index (χ3v) is 3.24. The molecule has 0 atom stereocenters. The molecular weight excluding hydrogens is 320 g/mol. The van der Waals surface area contributed by atoms with Gasteiger partial charge in [-0.05, 0) is 43.7 Å². The number of benzene rings is 2. The Bertz CT molecular complexity index is 731. The number of nitrogens with one attached hydrogen (secondary N) is 2. The van der Waals surface area contributed by atoms with Crippen molar-refractivity contribution in [1.29, 1.82) is 0 Å². The van der Waals surface area contributed by atoms with Crippen LogP contribution in [0.5, 0.6) is 5.75 Å². The Morgan fingerprint density at radius 3 is 2.56 bits per heavy atom. The molecule has 2 aromatic rings. The second-order valence-electron chi connectivity index (χ2n) is 5.23. The molecule has 2 rings (SSSR count). The van der Waals surface area contributed by atoms with Crippen LogP contribution in [0.3, 0.4) is 0 Å². The van der Waals surface area contributed by atoms with E-state index in [1.165, 1.54) is 0 Å². The maximum Gasteiger partial charge on any atom is 0.411 e. The van der Waals surface area contributed by atoms with E-state index in [1.807, 2.05) is 25.1 Å². The molecule has 0 heterocycles. The number of para-hydroxylation sites is 2. The predicted octanol–water partition coefficient (Wildman–Crippen LogP) is 4.30. The van der Waals surface area contributed by atoms with Crippen molar-refractivity contribution in [3.63, 3.8) is 0 Å². The third kappa shape index (κ3) is 5.53. The zero-order valence-electron chi connectivity index (χ0n) is 14.4. The summed E-state index contributed by atoms with van der Waals surface area (Å²) in [5.74, 6) is 0.332. The molecule has 0 bridgehead atoms. The Morgan fingerprint density at radius 2 is 1.80 bits per heavy atom. The van der Waals surface area contributed by atoms with Gasteiger partial charge in [0.15, 0.2) is 0 Å². The molecule has 0 aliphatic carbocycles. The van der Waals surface area contributed by atoms with Crippen molar-refractivity contribution in [3.8, 4) is 5.75 Å². The van der Waals surface area contributed by atoms with E-state index < -0.39 is 6.09 Å². The first-order valence-electron chi connectivity index (χ1n) is 8.21. The van der Waals surface area contributed by atoms with Gasteiger partial charge in [0, 0.05) is 11.3 Å². The number of carbonyl (C=O) groups excluding carboxylic acids is 2. The average Bonchev–Trinajstić information content (AvgIpc) is 2.61. The second kappa shape index (κ2) is 9.32. The highest BCUT2D eigenvalue weighted by molar-refractivity contribution is 6.05. The van der Waals surface area contributed by atoms with Gasteiger partial charge >= 0.3 is 6.09 Å². The van der Waals surface area contributed by atoms with E-state index in [2.05, 4.69) is 10.6 Å². The van der Waals surface area contributed by atoms with Gasteiger partial charge in [-0.3, -0.25) is 10.1 Å². The quantitative estimate of drug-likeness (QED) is 0.787. The molecule has 0 unspecified atom stereocenters. The Kier molecular flexibility index (Phi) is 6.83. The summed E-state index contributed by atoms with van der Waals surface area (Å²) < 4.78 is 10.5. The van der Waals surface area contributed by atoms with Crippen molar-refractivity contribution in [2.24, 2.45) is 0 Å². The van der Waals surface area contributed by atoms with Gasteiger partial charge in [-0.25, -0.2) is 4.79 Å². The molecule has 2 amide bonds. The highest BCUT2D eigenvalue weighted by Crippen LogP contribution is 2.24. The van der Waals surface area contributed by atoms with Crippen LogP contribution in [-0.2, 0) is 4.74 Å². The topological polar surface area (TPSA) is 76.7 Å². The number of ether oxygens (including phenoxy) is 2. The summed E-state index contributed by atoms with van der Waals surface area (Å²) in [6.07, 6.45) is 0.322. The van der Waals surface area contributed by atoms with Crippen LogP contribution < -0.4 is 15.4 Å². The van der Waals surface area contributed by atoms with Crippen LogP contribution in [-0.4, -0.2) is 25.2 Å². The van der Waals surface area contributed by atoms with Crippen LogP contribution in [0.15, 0.2) is 48.5 Å². The Morgan fingerprint density at radius 1 is 1.00 bits per heavy atom. The molecule has 2 aromatic carbocycles.